The number of rotatable bonds is 4. The first kappa shape index (κ1) is 11.0. The van der Waals surface area contributed by atoms with Crippen LogP contribution in [0.5, 0.6) is 0 Å². The van der Waals surface area contributed by atoms with Gasteiger partial charge in [-0.2, -0.15) is 10.5 Å². The van der Waals surface area contributed by atoms with Crippen molar-refractivity contribution in [2.45, 2.75) is 31.3 Å². The number of hydrogen-bond donors (Lipinski definition) is 1. The van der Waals surface area contributed by atoms with Crippen LogP contribution >= 0.6 is 0 Å². The van der Waals surface area contributed by atoms with Crippen molar-refractivity contribution in [3.8, 4) is 12.1 Å². The van der Waals surface area contributed by atoms with Crippen LogP contribution in [0.2, 0.25) is 0 Å². The molecule has 0 aliphatic heterocycles. The summed E-state index contributed by atoms with van der Waals surface area (Å²) in [5.41, 5.74) is -0.659. The largest absolute Gasteiger partial charge is 0.389 e. The van der Waals surface area contributed by atoms with E-state index >= 15 is 0 Å². The summed E-state index contributed by atoms with van der Waals surface area (Å²) in [5, 5.41) is 27.1. The molecule has 0 aromatic carbocycles. The van der Waals surface area contributed by atoms with Gasteiger partial charge in [0.25, 0.3) is 0 Å². The third-order valence-electron chi connectivity index (χ3n) is 2.64. The minimum atomic E-state index is -0.659. The lowest BCUT2D eigenvalue weighted by Gasteiger charge is -2.28. The quantitative estimate of drug-likeness (QED) is 0.665. The molecular weight excluding hydrogens is 178 g/mol. The first-order chi connectivity index (χ1) is 6.70. The van der Waals surface area contributed by atoms with E-state index in [4.69, 9.17) is 10.5 Å². The maximum atomic E-state index is 10.1. The number of nitriles is 2. The Morgan fingerprint density at radius 2 is 1.64 bits per heavy atom. The van der Waals surface area contributed by atoms with E-state index < -0.39 is 5.60 Å². The van der Waals surface area contributed by atoms with Gasteiger partial charge in [-0.1, -0.05) is 12.8 Å². The van der Waals surface area contributed by atoms with E-state index in [-0.39, 0.29) is 13.1 Å². The zero-order valence-electron chi connectivity index (χ0n) is 8.24. The third kappa shape index (κ3) is 2.99. The third-order valence-corrected chi connectivity index (χ3v) is 2.64. The molecule has 0 radical (unpaired) electrons. The fourth-order valence-corrected chi connectivity index (χ4v) is 1.98. The van der Waals surface area contributed by atoms with Crippen molar-refractivity contribution in [2.75, 3.05) is 19.6 Å². The maximum absolute atomic E-state index is 10.1. The van der Waals surface area contributed by atoms with Crippen molar-refractivity contribution >= 4 is 0 Å². The molecule has 1 rings (SSSR count). The first-order valence-electron chi connectivity index (χ1n) is 4.89. The Balaban J connectivity index is 2.46. The van der Waals surface area contributed by atoms with Crippen LogP contribution in [-0.4, -0.2) is 35.2 Å². The van der Waals surface area contributed by atoms with Gasteiger partial charge in [0.15, 0.2) is 0 Å². The molecule has 4 heteroatoms. The summed E-state index contributed by atoms with van der Waals surface area (Å²) in [4.78, 5) is 1.70. The smallest absolute Gasteiger partial charge is 0.0875 e. The summed E-state index contributed by atoms with van der Waals surface area (Å²) >= 11 is 0. The summed E-state index contributed by atoms with van der Waals surface area (Å²) in [6, 6.07) is 4.01. The predicted octanol–water partition coefficient (Wildman–Crippen LogP) is 0.641. The van der Waals surface area contributed by atoms with Gasteiger partial charge >= 0.3 is 0 Å². The van der Waals surface area contributed by atoms with Crippen molar-refractivity contribution < 1.29 is 5.11 Å². The van der Waals surface area contributed by atoms with Gasteiger partial charge in [-0.3, -0.25) is 4.90 Å². The second-order valence-electron chi connectivity index (χ2n) is 3.89. The Morgan fingerprint density at radius 1 is 1.14 bits per heavy atom. The fraction of sp³-hybridized carbons (Fsp3) is 0.800. The SMILES string of the molecule is N#CCN(CC#N)CC1(O)CCCC1. The Hall–Kier alpha value is -1.10. The van der Waals surface area contributed by atoms with E-state index in [0.29, 0.717) is 6.54 Å². The number of aliphatic hydroxyl groups is 1. The molecule has 4 nitrogen and oxygen atoms in total. The van der Waals surface area contributed by atoms with Crippen LogP contribution in [-0.2, 0) is 0 Å². The van der Waals surface area contributed by atoms with E-state index in [1.165, 1.54) is 0 Å². The Labute approximate surface area is 84.4 Å². The van der Waals surface area contributed by atoms with Gasteiger partial charge in [-0.15, -0.1) is 0 Å². The van der Waals surface area contributed by atoms with Gasteiger partial charge in [0.1, 0.15) is 0 Å². The molecular formula is C10H15N3O. The molecule has 1 fully saturated rings. The summed E-state index contributed by atoms with van der Waals surface area (Å²) in [6.07, 6.45) is 3.67. The zero-order valence-corrected chi connectivity index (χ0v) is 8.24. The highest BCUT2D eigenvalue weighted by Crippen LogP contribution is 2.29. The average Bonchev–Trinajstić information content (AvgIpc) is 2.53. The van der Waals surface area contributed by atoms with Crippen molar-refractivity contribution in [1.82, 2.24) is 4.90 Å². The van der Waals surface area contributed by atoms with E-state index in [1.807, 2.05) is 12.1 Å². The normalized spacial score (nSPS) is 19.1. The van der Waals surface area contributed by atoms with Gasteiger partial charge in [0, 0.05) is 6.54 Å². The van der Waals surface area contributed by atoms with E-state index in [9.17, 15) is 5.11 Å². The van der Waals surface area contributed by atoms with E-state index in [2.05, 4.69) is 0 Å². The van der Waals surface area contributed by atoms with Crippen LogP contribution in [0.25, 0.3) is 0 Å². The second-order valence-corrected chi connectivity index (χ2v) is 3.89. The lowest BCUT2D eigenvalue weighted by Crippen LogP contribution is -2.41. The van der Waals surface area contributed by atoms with E-state index in [1.54, 1.807) is 4.90 Å². The molecule has 0 spiro atoms. The van der Waals surface area contributed by atoms with Gasteiger partial charge in [-0.25, -0.2) is 0 Å². The molecule has 0 aromatic heterocycles. The molecule has 1 aliphatic carbocycles. The maximum Gasteiger partial charge on any atom is 0.0875 e. The standard InChI is InChI=1S/C10H15N3O/c11-5-7-13(8-6-12)9-10(14)3-1-2-4-10/h14H,1-4,7-9H2. The zero-order chi connectivity index (χ0) is 10.4. The first-order valence-corrected chi connectivity index (χ1v) is 4.89. The fourth-order valence-electron chi connectivity index (χ4n) is 1.98. The van der Waals surface area contributed by atoms with Crippen LogP contribution < -0.4 is 0 Å². The highest BCUT2D eigenvalue weighted by molar-refractivity contribution is 4.92. The van der Waals surface area contributed by atoms with Gasteiger partial charge in [-0.05, 0) is 12.8 Å². The molecule has 0 saturated heterocycles. The molecule has 0 aromatic rings. The molecule has 0 atom stereocenters. The summed E-state index contributed by atoms with van der Waals surface area (Å²) in [5.74, 6) is 0. The van der Waals surface area contributed by atoms with Gasteiger partial charge < -0.3 is 5.11 Å². The highest BCUT2D eigenvalue weighted by Gasteiger charge is 2.32. The lowest BCUT2D eigenvalue weighted by molar-refractivity contribution is 0.0162. The summed E-state index contributed by atoms with van der Waals surface area (Å²) in [6.45, 7) is 0.889. The van der Waals surface area contributed by atoms with Crippen LogP contribution in [0.3, 0.4) is 0 Å². The van der Waals surface area contributed by atoms with Gasteiger partial charge in [0.05, 0.1) is 30.8 Å². The van der Waals surface area contributed by atoms with E-state index in [0.717, 1.165) is 25.7 Å². The molecule has 1 aliphatic rings. The van der Waals surface area contributed by atoms with Crippen molar-refractivity contribution in [3.63, 3.8) is 0 Å². The highest BCUT2D eigenvalue weighted by atomic mass is 16.3. The Kier molecular flexibility index (Phi) is 3.88. The molecule has 1 N–H and O–H groups in total. The molecule has 0 amide bonds. The van der Waals surface area contributed by atoms with Gasteiger partial charge in [0.2, 0.25) is 0 Å². The van der Waals surface area contributed by atoms with Crippen molar-refractivity contribution in [1.29, 1.82) is 10.5 Å². The minimum absolute atomic E-state index is 0.218. The summed E-state index contributed by atoms with van der Waals surface area (Å²) in [7, 11) is 0. The Morgan fingerprint density at radius 3 is 2.07 bits per heavy atom. The second kappa shape index (κ2) is 4.95. The molecule has 76 valence electrons. The minimum Gasteiger partial charge on any atom is -0.389 e. The van der Waals surface area contributed by atoms with Crippen LogP contribution in [0, 0.1) is 22.7 Å². The average molecular weight is 193 g/mol. The molecule has 0 unspecified atom stereocenters. The number of nitrogens with zero attached hydrogens (tertiary/aromatic N) is 3. The Bertz CT molecular complexity index is 242. The molecule has 1 saturated carbocycles. The van der Waals surface area contributed by atoms with Crippen LogP contribution in [0.15, 0.2) is 0 Å². The lowest BCUT2D eigenvalue weighted by atomic mass is 10.0. The molecule has 0 heterocycles. The van der Waals surface area contributed by atoms with Crippen LogP contribution in [0.4, 0.5) is 0 Å². The van der Waals surface area contributed by atoms with Crippen LogP contribution in [0.1, 0.15) is 25.7 Å². The topological polar surface area (TPSA) is 71.0 Å². The van der Waals surface area contributed by atoms with Crippen molar-refractivity contribution in [2.24, 2.45) is 0 Å². The monoisotopic (exact) mass is 193 g/mol. The molecule has 0 bridgehead atoms. The van der Waals surface area contributed by atoms with Crippen molar-refractivity contribution in [3.05, 3.63) is 0 Å². The molecule has 14 heavy (non-hydrogen) atoms. The predicted molar refractivity (Wildman–Crippen MR) is 51.1 cm³/mol. The number of hydrogen-bond acceptors (Lipinski definition) is 4. The summed E-state index contributed by atoms with van der Waals surface area (Å²) < 4.78 is 0.